The van der Waals surface area contributed by atoms with Gasteiger partial charge in [0.1, 0.15) is 5.75 Å². The SMILES string of the molecule is COc1ccc2c(c1)Nc1ccc(C(C)(C)C)cc1C2(C)C. The Hall–Kier alpha value is -1.96. The number of anilines is 2. The van der Waals surface area contributed by atoms with Crippen LogP contribution in [0, 0.1) is 0 Å². The molecule has 2 nitrogen and oxygen atoms in total. The number of hydrogen-bond donors (Lipinski definition) is 1. The van der Waals surface area contributed by atoms with Gasteiger partial charge >= 0.3 is 0 Å². The van der Waals surface area contributed by atoms with E-state index < -0.39 is 0 Å². The average molecular weight is 295 g/mol. The highest BCUT2D eigenvalue weighted by Gasteiger charge is 2.33. The van der Waals surface area contributed by atoms with Gasteiger partial charge in [-0.25, -0.2) is 0 Å². The zero-order valence-corrected chi connectivity index (χ0v) is 14.4. The molecule has 0 fully saturated rings. The molecule has 2 heteroatoms. The van der Waals surface area contributed by atoms with Crippen LogP contribution in [0.3, 0.4) is 0 Å². The maximum absolute atomic E-state index is 5.36. The molecule has 0 saturated carbocycles. The van der Waals surface area contributed by atoms with E-state index in [-0.39, 0.29) is 10.8 Å². The standard InChI is InChI=1S/C20H25NO/c1-19(2,3)13-7-10-17-16(11-13)20(4,5)15-9-8-14(22-6)12-18(15)21-17/h7-12,21H,1-6H3. The molecule has 1 heterocycles. The lowest BCUT2D eigenvalue weighted by Gasteiger charge is -2.37. The van der Waals surface area contributed by atoms with Crippen molar-refractivity contribution in [2.75, 3.05) is 12.4 Å². The van der Waals surface area contributed by atoms with Gasteiger partial charge < -0.3 is 10.1 Å². The summed E-state index contributed by atoms with van der Waals surface area (Å²) in [7, 11) is 1.71. The van der Waals surface area contributed by atoms with E-state index >= 15 is 0 Å². The van der Waals surface area contributed by atoms with Gasteiger partial charge in [-0.1, -0.05) is 52.8 Å². The zero-order valence-electron chi connectivity index (χ0n) is 14.4. The Bertz CT molecular complexity index is 723. The van der Waals surface area contributed by atoms with Crippen LogP contribution in [0.1, 0.15) is 51.3 Å². The van der Waals surface area contributed by atoms with Gasteiger partial charge in [0, 0.05) is 22.9 Å². The fourth-order valence-electron chi connectivity index (χ4n) is 3.23. The summed E-state index contributed by atoms with van der Waals surface area (Å²) in [6, 6.07) is 13.1. The van der Waals surface area contributed by atoms with Crippen molar-refractivity contribution in [1.82, 2.24) is 0 Å². The maximum atomic E-state index is 5.36. The third-order valence-corrected chi connectivity index (χ3v) is 4.73. The van der Waals surface area contributed by atoms with Gasteiger partial charge in [-0.05, 0) is 34.2 Å². The summed E-state index contributed by atoms with van der Waals surface area (Å²) in [5, 5.41) is 3.57. The molecule has 0 atom stereocenters. The Labute approximate surface area is 133 Å². The van der Waals surface area contributed by atoms with Crippen molar-refractivity contribution in [3.05, 3.63) is 53.1 Å². The van der Waals surface area contributed by atoms with Crippen LogP contribution in [-0.4, -0.2) is 7.11 Å². The summed E-state index contributed by atoms with van der Waals surface area (Å²) in [5.41, 5.74) is 6.51. The second-order valence-corrected chi connectivity index (χ2v) is 7.67. The van der Waals surface area contributed by atoms with Gasteiger partial charge in [0.15, 0.2) is 0 Å². The highest BCUT2D eigenvalue weighted by Crippen LogP contribution is 2.47. The summed E-state index contributed by atoms with van der Waals surface area (Å²) < 4.78 is 5.36. The van der Waals surface area contributed by atoms with Crippen LogP contribution >= 0.6 is 0 Å². The first-order valence-electron chi connectivity index (χ1n) is 7.84. The summed E-state index contributed by atoms with van der Waals surface area (Å²) in [4.78, 5) is 0. The molecule has 0 radical (unpaired) electrons. The van der Waals surface area contributed by atoms with E-state index in [1.807, 2.05) is 6.07 Å². The fourth-order valence-corrected chi connectivity index (χ4v) is 3.23. The molecule has 0 unspecified atom stereocenters. The Morgan fingerprint density at radius 1 is 0.909 bits per heavy atom. The van der Waals surface area contributed by atoms with Crippen LogP contribution in [0.5, 0.6) is 5.75 Å². The summed E-state index contributed by atoms with van der Waals surface area (Å²) >= 11 is 0. The predicted octanol–water partition coefficient (Wildman–Crippen LogP) is 5.38. The highest BCUT2D eigenvalue weighted by molar-refractivity contribution is 5.76. The van der Waals surface area contributed by atoms with Crippen molar-refractivity contribution >= 4 is 11.4 Å². The van der Waals surface area contributed by atoms with Gasteiger partial charge in [0.05, 0.1) is 7.11 Å². The number of hydrogen-bond acceptors (Lipinski definition) is 2. The molecule has 0 amide bonds. The van der Waals surface area contributed by atoms with Crippen LogP contribution in [0.4, 0.5) is 11.4 Å². The molecule has 0 aliphatic carbocycles. The number of nitrogens with one attached hydrogen (secondary N) is 1. The summed E-state index contributed by atoms with van der Waals surface area (Å²) in [5.74, 6) is 0.886. The largest absolute Gasteiger partial charge is 0.497 e. The first kappa shape index (κ1) is 15.0. The topological polar surface area (TPSA) is 21.3 Å². The molecule has 3 rings (SSSR count). The third kappa shape index (κ3) is 2.27. The quantitative estimate of drug-likeness (QED) is 0.763. The summed E-state index contributed by atoms with van der Waals surface area (Å²) in [6.45, 7) is 11.4. The molecule has 2 aromatic rings. The molecule has 116 valence electrons. The normalized spacial score (nSPS) is 15.5. The lowest BCUT2D eigenvalue weighted by molar-refractivity contribution is 0.414. The molecular weight excluding hydrogens is 270 g/mol. The monoisotopic (exact) mass is 295 g/mol. The van der Waals surface area contributed by atoms with Gasteiger partial charge in [-0.15, -0.1) is 0 Å². The molecule has 1 N–H and O–H groups in total. The first-order valence-corrected chi connectivity index (χ1v) is 7.84. The minimum Gasteiger partial charge on any atom is -0.497 e. The Morgan fingerprint density at radius 2 is 1.64 bits per heavy atom. The number of methoxy groups -OCH3 is 1. The Kier molecular flexibility index (Phi) is 3.24. The zero-order chi connectivity index (χ0) is 16.1. The van der Waals surface area contributed by atoms with E-state index in [4.69, 9.17) is 4.74 Å². The van der Waals surface area contributed by atoms with Gasteiger partial charge in [0.2, 0.25) is 0 Å². The number of fused-ring (bicyclic) bond motifs is 2. The Balaban J connectivity index is 2.16. The molecule has 22 heavy (non-hydrogen) atoms. The lowest BCUT2D eigenvalue weighted by atomic mass is 9.72. The van der Waals surface area contributed by atoms with Crippen molar-refractivity contribution in [2.45, 2.75) is 45.4 Å². The van der Waals surface area contributed by atoms with E-state index in [2.05, 4.69) is 70.3 Å². The van der Waals surface area contributed by atoms with E-state index in [0.29, 0.717) is 0 Å². The minimum absolute atomic E-state index is 0.0244. The molecule has 1 aliphatic rings. The number of ether oxygens (including phenoxy) is 1. The molecule has 0 bridgehead atoms. The highest BCUT2D eigenvalue weighted by atomic mass is 16.5. The van der Waals surface area contributed by atoms with Crippen LogP contribution in [0.25, 0.3) is 0 Å². The van der Waals surface area contributed by atoms with E-state index in [0.717, 1.165) is 11.4 Å². The number of benzene rings is 2. The van der Waals surface area contributed by atoms with Crippen molar-refractivity contribution in [3.63, 3.8) is 0 Å². The number of rotatable bonds is 1. The van der Waals surface area contributed by atoms with Crippen molar-refractivity contribution in [1.29, 1.82) is 0 Å². The van der Waals surface area contributed by atoms with Crippen molar-refractivity contribution in [3.8, 4) is 5.75 Å². The molecular formula is C20H25NO. The minimum atomic E-state index is -0.0244. The van der Waals surface area contributed by atoms with Crippen LogP contribution < -0.4 is 10.1 Å². The van der Waals surface area contributed by atoms with E-state index in [1.54, 1.807) is 7.11 Å². The van der Waals surface area contributed by atoms with Crippen LogP contribution in [-0.2, 0) is 10.8 Å². The fraction of sp³-hybridized carbons (Fsp3) is 0.400. The summed E-state index contributed by atoms with van der Waals surface area (Å²) in [6.07, 6.45) is 0. The second-order valence-electron chi connectivity index (χ2n) is 7.67. The van der Waals surface area contributed by atoms with Gasteiger partial charge in [-0.3, -0.25) is 0 Å². The average Bonchev–Trinajstić information content (AvgIpc) is 2.45. The van der Waals surface area contributed by atoms with Gasteiger partial charge in [0.25, 0.3) is 0 Å². The lowest BCUT2D eigenvalue weighted by Crippen LogP contribution is -2.27. The smallest absolute Gasteiger partial charge is 0.120 e. The van der Waals surface area contributed by atoms with E-state index in [9.17, 15) is 0 Å². The molecule has 1 aliphatic heterocycles. The van der Waals surface area contributed by atoms with Crippen LogP contribution in [0.2, 0.25) is 0 Å². The third-order valence-electron chi connectivity index (χ3n) is 4.73. The van der Waals surface area contributed by atoms with Crippen molar-refractivity contribution < 1.29 is 4.74 Å². The van der Waals surface area contributed by atoms with Crippen molar-refractivity contribution in [2.24, 2.45) is 0 Å². The first-order chi connectivity index (χ1) is 10.2. The van der Waals surface area contributed by atoms with E-state index in [1.165, 1.54) is 22.4 Å². The Morgan fingerprint density at radius 3 is 2.27 bits per heavy atom. The van der Waals surface area contributed by atoms with Gasteiger partial charge in [-0.2, -0.15) is 0 Å². The van der Waals surface area contributed by atoms with Crippen LogP contribution in [0.15, 0.2) is 36.4 Å². The molecule has 0 saturated heterocycles. The predicted molar refractivity (Wildman–Crippen MR) is 93.5 cm³/mol. The molecule has 0 aromatic heterocycles. The molecule has 2 aromatic carbocycles. The second kappa shape index (κ2) is 4.77. The maximum Gasteiger partial charge on any atom is 0.120 e. The molecule has 0 spiro atoms.